The molecule has 222 valence electrons. The van der Waals surface area contributed by atoms with E-state index in [1.54, 1.807) is 11.1 Å². The summed E-state index contributed by atoms with van der Waals surface area (Å²) in [6.07, 6.45) is 16.8. The first-order valence-corrected chi connectivity index (χ1v) is 20.7. The normalized spacial score (nSPS) is 16.8. The molecule has 0 bridgehead atoms. The Hall–Kier alpha value is -2.89. The molecule has 4 aromatic carbocycles. The Labute approximate surface area is 273 Å². The molecule has 1 heteroatoms. The predicted octanol–water partition coefficient (Wildman–Crippen LogP) is 11.4. The second-order valence-electron chi connectivity index (χ2n) is 14.3. The molecule has 0 amide bonds. The van der Waals surface area contributed by atoms with Crippen molar-refractivity contribution < 1.29 is 21.3 Å². The van der Waals surface area contributed by atoms with Crippen LogP contribution in [0.1, 0.15) is 110 Å². The maximum atomic E-state index is 2.58. The van der Waals surface area contributed by atoms with E-state index in [4.69, 9.17) is 0 Å². The molecule has 0 nitrogen and oxygen atoms in total. The molecule has 0 atom stereocenters. The molecule has 44 heavy (non-hydrogen) atoms. The van der Waals surface area contributed by atoms with Gasteiger partial charge in [-0.2, -0.15) is 0 Å². The van der Waals surface area contributed by atoms with Gasteiger partial charge in [0.25, 0.3) is 0 Å². The Bertz CT molecular complexity index is 1650. The fourth-order valence-electron chi connectivity index (χ4n) is 8.07. The third kappa shape index (κ3) is 5.34. The summed E-state index contributed by atoms with van der Waals surface area (Å²) in [7, 11) is 0. The van der Waals surface area contributed by atoms with Crippen LogP contribution in [0.15, 0.2) is 119 Å². The number of rotatable bonds is 6. The molecule has 0 saturated heterocycles. The average molecular weight is 654 g/mol. The first-order valence-electron chi connectivity index (χ1n) is 16.8. The van der Waals surface area contributed by atoms with E-state index in [0.717, 1.165) is 0 Å². The average Bonchev–Trinajstić information content (AvgIpc) is 3.60. The quantitative estimate of drug-likeness (QED) is 0.182. The van der Waals surface area contributed by atoms with Crippen molar-refractivity contribution in [1.82, 2.24) is 0 Å². The first-order chi connectivity index (χ1) is 21.4. The van der Waals surface area contributed by atoms with Gasteiger partial charge < -0.3 is 0 Å². The number of hydrogen-bond donors (Lipinski definition) is 0. The Kier molecular flexibility index (Phi) is 8.22. The number of hydrogen-bond acceptors (Lipinski definition) is 0. The minimum absolute atomic E-state index is 0.0645. The van der Waals surface area contributed by atoms with E-state index >= 15 is 0 Å². The van der Waals surface area contributed by atoms with Crippen molar-refractivity contribution in [2.45, 2.75) is 87.1 Å². The Morgan fingerprint density at radius 3 is 1.52 bits per heavy atom. The van der Waals surface area contributed by atoms with Crippen LogP contribution in [0.5, 0.6) is 0 Å². The molecule has 0 aliphatic heterocycles. The Morgan fingerprint density at radius 1 is 0.568 bits per heavy atom. The molecular weight excluding hydrogens is 608 g/mol. The molecule has 0 radical (unpaired) electrons. The Balaban J connectivity index is 1.44. The summed E-state index contributed by atoms with van der Waals surface area (Å²) in [6, 6.07) is 37.4. The first kappa shape index (κ1) is 29.8. The van der Waals surface area contributed by atoms with Crippen molar-refractivity contribution in [2.75, 3.05) is 0 Å². The molecule has 7 rings (SSSR count). The molecule has 3 aliphatic rings. The van der Waals surface area contributed by atoms with Crippen molar-refractivity contribution in [3.63, 3.8) is 0 Å². The van der Waals surface area contributed by atoms with Gasteiger partial charge in [-0.1, -0.05) is 0 Å². The third-order valence-corrected chi connectivity index (χ3v) is 19.6. The van der Waals surface area contributed by atoms with Crippen molar-refractivity contribution >= 4 is 3.21 Å². The summed E-state index contributed by atoms with van der Waals surface area (Å²) in [5.74, 6) is 0. The van der Waals surface area contributed by atoms with Crippen LogP contribution < -0.4 is 0 Å². The van der Waals surface area contributed by atoms with Crippen molar-refractivity contribution in [2.24, 2.45) is 0 Å². The summed E-state index contributed by atoms with van der Waals surface area (Å²) in [4.78, 5) is 0. The van der Waals surface area contributed by atoms with Crippen LogP contribution in [0.4, 0.5) is 0 Å². The predicted molar refractivity (Wildman–Crippen MR) is 185 cm³/mol. The van der Waals surface area contributed by atoms with Crippen molar-refractivity contribution in [1.29, 1.82) is 0 Å². The van der Waals surface area contributed by atoms with Crippen molar-refractivity contribution in [3.8, 4) is 11.1 Å². The number of allylic oxidation sites excluding steroid dienone is 4. The summed E-state index contributed by atoms with van der Waals surface area (Å²) < 4.78 is 4.38. The molecule has 1 saturated carbocycles. The molecule has 3 aliphatic carbocycles. The summed E-state index contributed by atoms with van der Waals surface area (Å²) >= 11 is -2.24. The van der Waals surface area contributed by atoms with Crippen molar-refractivity contribution in [3.05, 3.63) is 152 Å². The zero-order valence-electron chi connectivity index (χ0n) is 27.0. The van der Waals surface area contributed by atoms with E-state index in [1.807, 2.05) is 6.49 Å². The maximum absolute atomic E-state index is 2.58. The summed E-state index contributed by atoms with van der Waals surface area (Å²) in [5, 5.41) is 0. The van der Waals surface area contributed by atoms with Crippen LogP contribution >= 0.6 is 0 Å². The van der Waals surface area contributed by atoms with E-state index in [2.05, 4.69) is 143 Å². The van der Waals surface area contributed by atoms with Gasteiger partial charge in [-0.3, -0.25) is 0 Å². The van der Waals surface area contributed by atoms with Crippen LogP contribution in [-0.4, -0.2) is 3.21 Å². The van der Waals surface area contributed by atoms with Crippen LogP contribution in [0.2, 0.25) is 0 Å². The van der Waals surface area contributed by atoms with Gasteiger partial charge >= 0.3 is 275 Å². The zero-order valence-corrected chi connectivity index (χ0v) is 29.5. The summed E-state index contributed by atoms with van der Waals surface area (Å²) in [6.45, 7) is 9.57. The Morgan fingerprint density at radius 2 is 1.07 bits per heavy atom. The molecule has 4 aromatic rings. The monoisotopic (exact) mass is 652 g/mol. The van der Waals surface area contributed by atoms with E-state index in [0.29, 0.717) is 3.63 Å². The van der Waals surface area contributed by atoms with Gasteiger partial charge in [-0.15, -0.1) is 0 Å². The van der Waals surface area contributed by atoms with Gasteiger partial charge in [0.1, 0.15) is 0 Å². The van der Waals surface area contributed by atoms with E-state index in [-0.39, 0.29) is 10.8 Å². The fraction of sp³-hybridized carbons (Fsp3) is 0.326. The number of fused-ring (bicyclic) bond motifs is 3. The van der Waals surface area contributed by atoms with Gasteiger partial charge in [0.2, 0.25) is 0 Å². The van der Waals surface area contributed by atoms with Crippen LogP contribution in [0.3, 0.4) is 0 Å². The second kappa shape index (κ2) is 12.1. The van der Waals surface area contributed by atoms with Gasteiger partial charge in [-0.25, -0.2) is 0 Å². The number of benzene rings is 4. The topological polar surface area (TPSA) is 0 Å². The molecule has 1 fully saturated rings. The summed E-state index contributed by atoms with van der Waals surface area (Å²) in [5.41, 5.74) is 11.7. The molecule has 0 unspecified atom stereocenters. The van der Waals surface area contributed by atoms with Crippen LogP contribution in [-0.2, 0) is 32.1 Å². The van der Waals surface area contributed by atoms with Gasteiger partial charge in [0.05, 0.1) is 0 Å². The second-order valence-corrected chi connectivity index (χ2v) is 21.0. The molecule has 0 spiro atoms. The molecule has 0 N–H and O–H groups in total. The van der Waals surface area contributed by atoms with E-state index in [1.165, 1.54) is 78.3 Å². The van der Waals surface area contributed by atoms with Gasteiger partial charge in [0, 0.05) is 0 Å². The fourth-order valence-corrected chi connectivity index (χ4v) is 17.6. The molecular formula is C43H46Zr. The minimum atomic E-state index is -2.24. The third-order valence-electron chi connectivity index (χ3n) is 10.9. The SMILES string of the molecule is CC(C)(c1ccccc1)c1ccc2c(c1)-c1cc(C(C)(C)c3ccccc3)ccc1[CH]2[Zr]([C]1=CC=CC1)=[C]1CCCCCC1. The van der Waals surface area contributed by atoms with Gasteiger partial charge in [0.15, 0.2) is 0 Å². The van der Waals surface area contributed by atoms with E-state index in [9.17, 15) is 0 Å². The van der Waals surface area contributed by atoms with Gasteiger partial charge in [-0.05, 0) is 0 Å². The van der Waals surface area contributed by atoms with Crippen LogP contribution in [0, 0.1) is 0 Å². The molecule has 0 aromatic heterocycles. The van der Waals surface area contributed by atoms with E-state index < -0.39 is 21.3 Å². The standard InChI is InChI=1S/C31H29.C7H12.C5H5.Zr/c1-30(2,24-11-7-5-8-12-24)26-17-15-22-19-23-16-18-27(21-29(23)28(22)20-26)31(3,4)25-13-9-6-10-14-25;1-2-4-6-7-5-3-1;1-2-4-5-3-1;/h5-21H,1-4H3;1-6H2;1-3H,4H2;. The van der Waals surface area contributed by atoms with Crippen LogP contribution in [0.25, 0.3) is 11.1 Å². The zero-order chi connectivity index (χ0) is 30.3. The molecule has 0 heterocycles.